The molecule has 0 bridgehead atoms. The molecule has 1 aromatic rings. The molecule has 0 N–H and O–H groups in total. The highest BCUT2D eigenvalue weighted by Gasteiger charge is 2.28. The first-order chi connectivity index (χ1) is 11.5. The average Bonchev–Trinajstić information content (AvgIpc) is 2.57. The summed E-state index contributed by atoms with van der Waals surface area (Å²) in [5, 5.41) is 0. The standard InChI is InChI=1S/C17H25N3O3S/c21-17(20-9-11-24(22,23)12-10-20)13-15-4-7-19(8-5-15)14-16-3-1-2-6-18-16/h1-3,6,15H,4-5,7-14H2. The van der Waals surface area contributed by atoms with Crippen LogP contribution in [0.25, 0.3) is 0 Å². The zero-order valence-electron chi connectivity index (χ0n) is 13.9. The highest BCUT2D eigenvalue weighted by molar-refractivity contribution is 7.91. The van der Waals surface area contributed by atoms with E-state index in [-0.39, 0.29) is 17.4 Å². The molecule has 1 aromatic heterocycles. The third kappa shape index (κ3) is 4.77. The molecule has 3 heterocycles. The lowest BCUT2D eigenvalue weighted by Gasteiger charge is -2.33. The summed E-state index contributed by atoms with van der Waals surface area (Å²) in [6, 6.07) is 5.97. The number of hydrogen-bond acceptors (Lipinski definition) is 5. The van der Waals surface area contributed by atoms with Gasteiger partial charge in [0, 0.05) is 32.3 Å². The second-order valence-corrected chi connectivity index (χ2v) is 9.08. The summed E-state index contributed by atoms with van der Waals surface area (Å²) in [5.74, 6) is 0.756. The lowest BCUT2D eigenvalue weighted by Crippen LogP contribution is -2.44. The third-order valence-corrected chi connectivity index (χ3v) is 6.59. The molecule has 0 spiro atoms. The number of carbonyl (C=O) groups excluding carboxylic acids is 1. The number of nitrogens with zero attached hydrogens (tertiary/aromatic N) is 3. The van der Waals surface area contributed by atoms with Crippen molar-refractivity contribution < 1.29 is 13.2 Å². The van der Waals surface area contributed by atoms with Gasteiger partial charge in [-0.25, -0.2) is 8.42 Å². The van der Waals surface area contributed by atoms with Gasteiger partial charge in [0.2, 0.25) is 5.91 Å². The molecule has 7 heteroatoms. The third-order valence-electron chi connectivity index (χ3n) is 4.98. The van der Waals surface area contributed by atoms with Crippen LogP contribution >= 0.6 is 0 Å². The number of hydrogen-bond donors (Lipinski definition) is 0. The molecule has 0 radical (unpaired) electrons. The van der Waals surface area contributed by atoms with E-state index in [1.54, 1.807) is 4.90 Å². The number of sulfone groups is 1. The normalized spacial score (nSPS) is 22.4. The zero-order chi connectivity index (χ0) is 17.0. The van der Waals surface area contributed by atoms with E-state index in [0.29, 0.717) is 25.4 Å². The Morgan fingerprint density at radius 3 is 2.46 bits per heavy atom. The van der Waals surface area contributed by atoms with Crippen LogP contribution < -0.4 is 0 Å². The van der Waals surface area contributed by atoms with Crippen molar-refractivity contribution in [1.82, 2.24) is 14.8 Å². The highest BCUT2D eigenvalue weighted by atomic mass is 32.2. The van der Waals surface area contributed by atoms with Crippen LogP contribution in [0.4, 0.5) is 0 Å². The molecule has 0 saturated carbocycles. The van der Waals surface area contributed by atoms with Gasteiger partial charge in [0.05, 0.1) is 17.2 Å². The monoisotopic (exact) mass is 351 g/mol. The Morgan fingerprint density at radius 1 is 1.12 bits per heavy atom. The molecule has 1 amide bonds. The summed E-state index contributed by atoms with van der Waals surface area (Å²) in [6.07, 6.45) is 4.41. The van der Waals surface area contributed by atoms with Crippen LogP contribution in [0.3, 0.4) is 0 Å². The predicted octanol–water partition coefficient (Wildman–Crippen LogP) is 0.941. The van der Waals surface area contributed by atoms with E-state index in [0.717, 1.165) is 38.2 Å². The molecule has 0 atom stereocenters. The quantitative estimate of drug-likeness (QED) is 0.807. The molecular weight excluding hydrogens is 326 g/mol. The second kappa shape index (κ2) is 7.61. The fourth-order valence-corrected chi connectivity index (χ4v) is 4.61. The minimum atomic E-state index is -2.93. The van der Waals surface area contributed by atoms with Gasteiger partial charge in [-0.1, -0.05) is 6.07 Å². The lowest BCUT2D eigenvalue weighted by molar-refractivity contribution is -0.132. The molecule has 0 aliphatic carbocycles. The van der Waals surface area contributed by atoms with Crippen molar-refractivity contribution >= 4 is 15.7 Å². The molecule has 2 fully saturated rings. The maximum Gasteiger partial charge on any atom is 0.222 e. The summed E-state index contributed by atoms with van der Waals surface area (Å²) in [6.45, 7) is 3.57. The summed E-state index contributed by atoms with van der Waals surface area (Å²) in [7, 11) is -2.93. The van der Waals surface area contributed by atoms with Gasteiger partial charge in [0.25, 0.3) is 0 Å². The van der Waals surface area contributed by atoms with Gasteiger partial charge in [-0.2, -0.15) is 0 Å². The number of aromatic nitrogens is 1. The molecular formula is C17H25N3O3S. The van der Waals surface area contributed by atoms with E-state index >= 15 is 0 Å². The van der Waals surface area contributed by atoms with Crippen molar-refractivity contribution in [3.05, 3.63) is 30.1 Å². The average molecular weight is 351 g/mol. The Labute approximate surface area is 143 Å². The van der Waals surface area contributed by atoms with Crippen molar-refractivity contribution in [1.29, 1.82) is 0 Å². The fourth-order valence-electron chi connectivity index (χ4n) is 3.41. The van der Waals surface area contributed by atoms with Crippen LogP contribution in [-0.4, -0.2) is 66.8 Å². The number of pyridine rings is 1. The number of piperidine rings is 1. The molecule has 6 nitrogen and oxygen atoms in total. The lowest BCUT2D eigenvalue weighted by atomic mass is 9.93. The molecule has 0 unspecified atom stereocenters. The van der Waals surface area contributed by atoms with E-state index in [9.17, 15) is 13.2 Å². The number of rotatable bonds is 4. The first-order valence-corrected chi connectivity index (χ1v) is 10.4. The SMILES string of the molecule is O=C(CC1CCN(Cc2ccccn2)CC1)N1CCS(=O)(=O)CC1. The van der Waals surface area contributed by atoms with Crippen molar-refractivity contribution in [2.24, 2.45) is 5.92 Å². The fraction of sp³-hybridized carbons (Fsp3) is 0.647. The van der Waals surface area contributed by atoms with Crippen molar-refractivity contribution in [3.63, 3.8) is 0 Å². The Balaban J connectivity index is 1.41. The van der Waals surface area contributed by atoms with Crippen LogP contribution in [0.15, 0.2) is 24.4 Å². The zero-order valence-corrected chi connectivity index (χ0v) is 14.7. The van der Waals surface area contributed by atoms with Gasteiger partial charge < -0.3 is 4.90 Å². The molecule has 132 valence electrons. The van der Waals surface area contributed by atoms with E-state index in [4.69, 9.17) is 0 Å². The first-order valence-electron chi connectivity index (χ1n) is 8.62. The first kappa shape index (κ1) is 17.4. The minimum absolute atomic E-state index is 0.112. The van der Waals surface area contributed by atoms with Crippen LogP contribution in [0.1, 0.15) is 25.0 Å². The highest BCUT2D eigenvalue weighted by Crippen LogP contribution is 2.23. The van der Waals surface area contributed by atoms with Gasteiger partial charge in [-0.3, -0.25) is 14.7 Å². The molecule has 2 aliphatic rings. The Kier molecular flexibility index (Phi) is 5.50. The smallest absolute Gasteiger partial charge is 0.222 e. The van der Waals surface area contributed by atoms with Gasteiger partial charge in [0.1, 0.15) is 0 Å². The van der Waals surface area contributed by atoms with Crippen LogP contribution in [-0.2, 0) is 21.2 Å². The second-order valence-electron chi connectivity index (χ2n) is 6.78. The van der Waals surface area contributed by atoms with E-state index in [1.165, 1.54) is 0 Å². The topological polar surface area (TPSA) is 70.6 Å². The van der Waals surface area contributed by atoms with Gasteiger partial charge >= 0.3 is 0 Å². The summed E-state index contributed by atoms with van der Waals surface area (Å²) in [5.41, 5.74) is 1.08. The number of carbonyl (C=O) groups is 1. The molecule has 3 rings (SSSR count). The Bertz CT molecular complexity index is 641. The number of amides is 1. The Morgan fingerprint density at radius 2 is 1.83 bits per heavy atom. The van der Waals surface area contributed by atoms with Crippen LogP contribution in [0, 0.1) is 5.92 Å². The minimum Gasteiger partial charge on any atom is -0.341 e. The van der Waals surface area contributed by atoms with Crippen molar-refractivity contribution in [2.75, 3.05) is 37.7 Å². The molecule has 0 aromatic carbocycles. The maximum absolute atomic E-state index is 12.4. The van der Waals surface area contributed by atoms with Crippen LogP contribution in [0.2, 0.25) is 0 Å². The van der Waals surface area contributed by atoms with E-state index < -0.39 is 9.84 Å². The number of likely N-dealkylation sites (tertiary alicyclic amines) is 1. The maximum atomic E-state index is 12.4. The predicted molar refractivity (Wildman–Crippen MR) is 92.1 cm³/mol. The van der Waals surface area contributed by atoms with Gasteiger partial charge in [-0.15, -0.1) is 0 Å². The largest absolute Gasteiger partial charge is 0.341 e. The van der Waals surface area contributed by atoms with Crippen LogP contribution in [0.5, 0.6) is 0 Å². The molecule has 2 saturated heterocycles. The van der Waals surface area contributed by atoms with Crippen molar-refractivity contribution in [3.8, 4) is 0 Å². The van der Waals surface area contributed by atoms with E-state index in [1.807, 2.05) is 24.4 Å². The molecule has 24 heavy (non-hydrogen) atoms. The van der Waals surface area contributed by atoms with Crippen molar-refractivity contribution in [2.45, 2.75) is 25.8 Å². The summed E-state index contributed by atoms with van der Waals surface area (Å²) < 4.78 is 22.9. The molecule has 2 aliphatic heterocycles. The van der Waals surface area contributed by atoms with Gasteiger partial charge in [0.15, 0.2) is 9.84 Å². The summed E-state index contributed by atoms with van der Waals surface area (Å²) >= 11 is 0. The Hall–Kier alpha value is -1.47. The summed E-state index contributed by atoms with van der Waals surface area (Å²) in [4.78, 5) is 20.8. The van der Waals surface area contributed by atoms with E-state index in [2.05, 4.69) is 9.88 Å². The van der Waals surface area contributed by atoms with Gasteiger partial charge in [-0.05, 0) is 44.0 Å².